The summed E-state index contributed by atoms with van der Waals surface area (Å²) in [5, 5.41) is 15.3. The van der Waals surface area contributed by atoms with Gasteiger partial charge in [0.25, 0.3) is 0 Å². The van der Waals surface area contributed by atoms with Crippen LogP contribution in [0.2, 0.25) is 0 Å². The maximum absolute atomic E-state index is 12.3. The number of hydrogen-bond donors (Lipinski definition) is 2. The van der Waals surface area contributed by atoms with E-state index in [0.717, 1.165) is 41.2 Å². The molecule has 3 aromatic rings. The van der Waals surface area contributed by atoms with Crippen molar-refractivity contribution >= 4 is 39.8 Å². The summed E-state index contributed by atoms with van der Waals surface area (Å²) in [5.74, 6) is 0.281. The van der Waals surface area contributed by atoms with Gasteiger partial charge in [0.05, 0.1) is 18.5 Å². The van der Waals surface area contributed by atoms with Crippen LogP contribution in [0.3, 0.4) is 0 Å². The van der Waals surface area contributed by atoms with Crippen molar-refractivity contribution in [2.75, 3.05) is 37.3 Å². The van der Waals surface area contributed by atoms with Gasteiger partial charge in [-0.3, -0.25) is 9.69 Å². The van der Waals surface area contributed by atoms with Crippen molar-refractivity contribution in [3.63, 3.8) is 0 Å². The van der Waals surface area contributed by atoms with Crippen LogP contribution in [0.4, 0.5) is 10.8 Å². The molecular formula is C24H29N5O2S2. The molecule has 2 aromatic carbocycles. The van der Waals surface area contributed by atoms with Gasteiger partial charge in [0, 0.05) is 31.9 Å². The minimum absolute atomic E-state index is 0.00726. The Balaban J connectivity index is 1.16. The van der Waals surface area contributed by atoms with E-state index in [1.54, 1.807) is 0 Å². The average molecular weight is 484 g/mol. The number of benzene rings is 2. The molecule has 1 aliphatic heterocycles. The number of nitrogens with zero attached hydrogens (tertiary/aromatic N) is 3. The van der Waals surface area contributed by atoms with Crippen LogP contribution in [0.1, 0.15) is 18.1 Å². The van der Waals surface area contributed by atoms with Crippen LogP contribution in [-0.2, 0) is 22.5 Å². The maximum Gasteiger partial charge on any atom is 0.230 e. The number of carbonyl (C=O) groups excluding carboxylic acids is 1. The van der Waals surface area contributed by atoms with Crippen molar-refractivity contribution < 1.29 is 9.53 Å². The first-order valence-corrected chi connectivity index (χ1v) is 12.9. The third-order valence-corrected chi connectivity index (χ3v) is 7.32. The minimum atomic E-state index is -0.0244. The number of aryl methyl sites for hydroxylation is 1. The number of ether oxygens (including phenoxy) is 1. The summed E-state index contributed by atoms with van der Waals surface area (Å²) in [6.45, 7) is 5.96. The standard InChI is InChI=1S/C24H29N5O2S2/c1-2-18-8-10-20(11-9-18)26-23-27-28-24(33-23)32-17-22(30)25-14-21-16-29(12-13-31-21)15-19-6-4-3-5-7-19/h3-11,21H,2,12-17H2,1H3,(H,25,30)(H,26,27)/t21-/m0/s1. The van der Waals surface area contributed by atoms with E-state index in [1.807, 2.05) is 18.2 Å². The third kappa shape index (κ3) is 7.53. The van der Waals surface area contributed by atoms with Crippen LogP contribution in [0.15, 0.2) is 58.9 Å². The molecule has 1 saturated heterocycles. The highest BCUT2D eigenvalue weighted by molar-refractivity contribution is 8.01. The minimum Gasteiger partial charge on any atom is -0.374 e. The van der Waals surface area contributed by atoms with Gasteiger partial charge in [0.15, 0.2) is 4.34 Å². The van der Waals surface area contributed by atoms with Crippen molar-refractivity contribution in [1.82, 2.24) is 20.4 Å². The van der Waals surface area contributed by atoms with Crippen molar-refractivity contribution in [3.05, 3.63) is 65.7 Å². The van der Waals surface area contributed by atoms with Gasteiger partial charge < -0.3 is 15.4 Å². The highest BCUT2D eigenvalue weighted by Gasteiger charge is 2.21. The van der Waals surface area contributed by atoms with Crippen LogP contribution < -0.4 is 10.6 Å². The van der Waals surface area contributed by atoms with Gasteiger partial charge in [-0.25, -0.2) is 0 Å². The van der Waals surface area contributed by atoms with Crippen molar-refractivity contribution in [1.29, 1.82) is 0 Å². The number of thioether (sulfide) groups is 1. The lowest BCUT2D eigenvalue weighted by Crippen LogP contribution is -2.47. The Labute approximate surface area is 202 Å². The van der Waals surface area contributed by atoms with Gasteiger partial charge in [0.2, 0.25) is 11.0 Å². The Morgan fingerprint density at radius 3 is 2.76 bits per heavy atom. The molecule has 33 heavy (non-hydrogen) atoms. The molecule has 4 rings (SSSR count). The fourth-order valence-electron chi connectivity index (χ4n) is 3.56. The number of hydrogen-bond acceptors (Lipinski definition) is 8. The molecule has 9 heteroatoms. The summed E-state index contributed by atoms with van der Waals surface area (Å²) in [5.41, 5.74) is 3.57. The number of carbonyl (C=O) groups is 1. The smallest absolute Gasteiger partial charge is 0.230 e. The third-order valence-electron chi connectivity index (χ3n) is 5.35. The average Bonchev–Trinajstić information content (AvgIpc) is 3.30. The Kier molecular flexibility index (Phi) is 8.71. The Morgan fingerprint density at radius 2 is 1.97 bits per heavy atom. The van der Waals surface area contributed by atoms with Gasteiger partial charge in [-0.2, -0.15) is 0 Å². The zero-order chi connectivity index (χ0) is 22.9. The molecule has 0 aliphatic carbocycles. The van der Waals surface area contributed by atoms with Crippen molar-refractivity contribution in [2.24, 2.45) is 0 Å². The fraction of sp³-hybridized carbons (Fsp3) is 0.375. The predicted molar refractivity (Wildman–Crippen MR) is 134 cm³/mol. The van der Waals surface area contributed by atoms with Gasteiger partial charge in [-0.15, -0.1) is 10.2 Å². The predicted octanol–water partition coefficient (Wildman–Crippen LogP) is 3.95. The highest BCUT2D eigenvalue weighted by atomic mass is 32.2. The summed E-state index contributed by atoms with van der Waals surface area (Å²) in [7, 11) is 0. The molecule has 2 N–H and O–H groups in total. The first kappa shape index (κ1) is 23.7. The molecule has 0 spiro atoms. The van der Waals surface area contributed by atoms with Gasteiger partial charge in [-0.05, 0) is 29.7 Å². The molecule has 0 unspecified atom stereocenters. The number of rotatable bonds is 10. The summed E-state index contributed by atoms with van der Waals surface area (Å²) in [6.07, 6.45) is 1.02. The van der Waals surface area contributed by atoms with E-state index in [4.69, 9.17) is 4.74 Å². The number of morpholine rings is 1. The molecular weight excluding hydrogens is 454 g/mol. The van der Waals surface area contributed by atoms with E-state index in [9.17, 15) is 4.79 Å². The lowest BCUT2D eigenvalue weighted by molar-refractivity contribution is -0.119. The fourth-order valence-corrected chi connectivity index (χ4v) is 5.16. The molecule has 0 saturated carbocycles. The number of nitrogens with one attached hydrogen (secondary N) is 2. The van der Waals surface area contributed by atoms with Gasteiger partial charge in [0.1, 0.15) is 0 Å². The van der Waals surface area contributed by atoms with E-state index in [2.05, 4.69) is 69.1 Å². The number of amides is 1. The Hall–Kier alpha value is -2.46. The lowest BCUT2D eigenvalue weighted by Gasteiger charge is -2.33. The summed E-state index contributed by atoms with van der Waals surface area (Å²) in [6, 6.07) is 18.7. The van der Waals surface area contributed by atoms with Crippen LogP contribution in [0.25, 0.3) is 0 Å². The second-order valence-electron chi connectivity index (χ2n) is 7.85. The van der Waals surface area contributed by atoms with E-state index in [-0.39, 0.29) is 12.0 Å². The first-order chi connectivity index (χ1) is 16.2. The topological polar surface area (TPSA) is 79.4 Å². The van der Waals surface area contributed by atoms with Gasteiger partial charge in [-0.1, -0.05) is 72.5 Å². The second kappa shape index (κ2) is 12.1. The van der Waals surface area contributed by atoms with Crippen molar-refractivity contribution in [2.45, 2.75) is 30.3 Å². The highest BCUT2D eigenvalue weighted by Crippen LogP contribution is 2.27. The second-order valence-corrected chi connectivity index (χ2v) is 10.1. The summed E-state index contributed by atoms with van der Waals surface area (Å²) < 4.78 is 6.61. The van der Waals surface area contributed by atoms with E-state index in [0.29, 0.717) is 18.9 Å². The quantitative estimate of drug-likeness (QED) is 0.423. The van der Waals surface area contributed by atoms with Crippen LogP contribution in [-0.4, -0.2) is 59.1 Å². The monoisotopic (exact) mass is 483 g/mol. The molecule has 1 fully saturated rings. The van der Waals surface area contributed by atoms with Crippen LogP contribution in [0, 0.1) is 0 Å². The molecule has 1 atom stereocenters. The molecule has 0 radical (unpaired) electrons. The maximum atomic E-state index is 12.3. The molecule has 174 valence electrons. The van der Waals surface area contributed by atoms with Crippen LogP contribution >= 0.6 is 23.1 Å². The van der Waals surface area contributed by atoms with Crippen LogP contribution in [0.5, 0.6) is 0 Å². The zero-order valence-electron chi connectivity index (χ0n) is 18.7. The summed E-state index contributed by atoms with van der Waals surface area (Å²) in [4.78, 5) is 14.7. The zero-order valence-corrected chi connectivity index (χ0v) is 20.3. The van der Waals surface area contributed by atoms with Crippen molar-refractivity contribution in [3.8, 4) is 0 Å². The molecule has 1 aliphatic rings. The van der Waals surface area contributed by atoms with Gasteiger partial charge >= 0.3 is 0 Å². The molecule has 0 bridgehead atoms. The van der Waals surface area contributed by atoms with E-state index >= 15 is 0 Å². The normalized spacial score (nSPS) is 16.5. The Bertz CT molecular complexity index is 1010. The molecule has 1 amide bonds. The lowest BCUT2D eigenvalue weighted by atomic mass is 10.1. The molecule has 1 aromatic heterocycles. The Morgan fingerprint density at radius 1 is 1.15 bits per heavy atom. The SMILES string of the molecule is CCc1ccc(Nc2nnc(SCC(=O)NC[C@H]3CN(Cc4ccccc4)CCO3)s2)cc1. The largest absolute Gasteiger partial charge is 0.374 e. The number of anilines is 2. The van der Waals surface area contributed by atoms with E-state index < -0.39 is 0 Å². The van der Waals surface area contributed by atoms with E-state index in [1.165, 1.54) is 34.2 Å². The number of aromatic nitrogens is 2. The molecule has 7 nitrogen and oxygen atoms in total. The summed E-state index contributed by atoms with van der Waals surface area (Å²) >= 11 is 2.84. The first-order valence-electron chi connectivity index (χ1n) is 11.1. The molecule has 2 heterocycles.